The summed E-state index contributed by atoms with van der Waals surface area (Å²) in [4.78, 5) is 13.1. The van der Waals surface area contributed by atoms with E-state index < -0.39 is 11.9 Å². The summed E-state index contributed by atoms with van der Waals surface area (Å²) in [6, 6.07) is 38.0. The second-order valence-corrected chi connectivity index (χ2v) is 9.39. The van der Waals surface area contributed by atoms with E-state index >= 15 is 0 Å². The Morgan fingerprint density at radius 2 is 1.62 bits per heavy atom. The molecular weight excluding hydrogens is 500 g/mol. The van der Waals surface area contributed by atoms with Crippen LogP contribution in [-0.2, 0) is 6.61 Å². The van der Waals surface area contributed by atoms with Gasteiger partial charge in [0.25, 0.3) is 0 Å². The van der Waals surface area contributed by atoms with Crippen molar-refractivity contribution in [2.75, 3.05) is 0 Å². The van der Waals surface area contributed by atoms with Gasteiger partial charge in [0, 0.05) is 11.6 Å². The number of esters is 1. The first kappa shape index (κ1) is 24.8. The third kappa shape index (κ3) is 4.84. The monoisotopic (exact) mass is 524 g/mol. The highest BCUT2D eigenvalue weighted by Gasteiger charge is 2.31. The number of allylic oxidation sites excluding steroid dienone is 1. The average Bonchev–Trinajstić information content (AvgIpc) is 2.99. The summed E-state index contributed by atoms with van der Waals surface area (Å²) in [5.74, 6) is 0.452. The van der Waals surface area contributed by atoms with Crippen LogP contribution in [0.3, 0.4) is 0 Å². The Balaban J connectivity index is 1.29. The van der Waals surface area contributed by atoms with Crippen molar-refractivity contribution in [1.82, 2.24) is 0 Å². The molecule has 2 N–H and O–H groups in total. The van der Waals surface area contributed by atoms with Gasteiger partial charge in [-0.15, -0.1) is 0 Å². The molecule has 1 aliphatic rings. The maximum Gasteiger partial charge on any atom is 0.344 e. The number of hydrogen-bond donors (Lipinski definition) is 1. The minimum Gasteiger partial charge on any atom is -0.489 e. The third-order valence-electron chi connectivity index (χ3n) is 6.85. The average molecular weight is 525 g/mol. The van der Waals surface area contributed by atoms with Crippen molar-refractivity contribution in [3.63, 3.8) is 0 Å². The van der Waals surface area contributed by atoms with Crippen LogP contribution < -0.4 is 19.9 Å². The second-order valence-electron chi connectivity index (χ2n) is 9.39. The Labute approximate surface area is 231 Å². The minimum atomic E-state index is -0.478. The highest BCUT2D eigenvalue weighted by Crippen LogP contribution is 2.44. The maximum absolute atomic E-state index is 13.1. The summed E-state index contributed by atoms with van der Waals surface area (Å²) in [6.07, 6.45) is 0. The summed E-state index contributed by atoms with van der Waals surface area (Å²) in [6.45, 7) is 0.420. The first-order valence-corrected chi connectivity index (χ1v) is 12.8. The molecule has 194 valence electrons. The van der Waals surface area contributed by atoms with Gasteiger partial charge in [0.1, 0.15) is 35.5 Å². The number of rotatable bonds is 6. The molecule has 0 amide bonds. The maximum atomic E-state index is 13.1. The lowest BCUT2D eigenvalue weighted by Gasteiger charge is -2.27. The molecule has 6 nitrogen and oxygen atoms in total. The number of nitriles is 1. The van der Waals surface area contributed by atoms with E-state index in [0.717, 1.165) is 27.5 Å². The fraction of sp³-hybridized carbons (Fsp3) is 0.0588. The molecule has 5 aromatic carbocycles. The quantitative estimate of drug-likeness (QED) is 0.193. The zero-order chi connectivity index (χ0) is 27.5. The van der Waals surface area contributed by atoms with E-state index in [1.165, 1.54) is 0 Å². The Hall–Kier alpha value is -5.54. The van der Waals surface area contributed by atoms with Crippen LogP contribution in [0.4, 0.5) is 0 Å². The van der Waals surface area contributed by atoms with E-state index in [-0.39, 0.29) is 5.88 Å². The first-order valence-electron chi connectivity index (χ1n) is 12.8. The summed E-state index contributed by atoms with van der Waals surface area (Å²) in [5.41, 5.74) is 9.58. The van der Waals surface area contributed by atoms with Crippen LogP contribution >= 0.6 is 0 Å². The van der Waals surface area contributed by atoms with Crippen molar-refractivity contribution >= 4 is 16.7 Å². The standard InChI is InChI=1S/C34H24N2O4/c35-20-30-32(24-12-6-13-25(18-24)38-21-22-8-2-1-3-9-22)29-17-16-26(19-31(29)40-33(30)36)39-34(37)28-15-7-11-23-10-4-5-14-27(23)28/h1-19,32H,21,36H2. The number of nitrogens with two attached hydrogens (primary N) is 1. The van der Waals surface area contributed by atoms with Crippen LogP contribution in [0.1, 0.15) is 33.0 Å². The molecule has 5 aromatic rings. The zero-order valence-electron chi connectivity index (χ0n) is 21.4. The molecule has 40 heavy (non-hydrogen) atoms. The first-order chi connectivity index (χ1) is 19.6. The highest BCUT2D eigenvalue weighted by atomic mass is 16.5. The van der Waals surface area contributed by atoms with Crippen LogP contribution in [0, 0.1) is 11.3 Å². The van der Waals surface area contributed by atoms with Gasteiger partial charge >= 0.3 is 5.97 Å². The Kier molecular flexibility index (Phi) is 6.61. The molecule has 0 aliphatic carbocycles. The van der Waals surface area contributed by atoms with Crippen molar-refractivity contribution in [2.24, 2.45) is 5.73 Å². The lowest BCUT2D eigenvalue weighted by Crippen LogP contribution is -2.21. The van der Waals surface area contributed by atoms with E-state index in [1.54, 1.807) is 24.3 Å². The number of ether oxygens (including phenoxy) is 3. The number of fused-ring (bicyclic) bond motifs is 2. The molecule has 1 atom stereocenters. The molecular formula is C34H24N2O4. The summed E-state index contributed by atoms with van der Waals surface area (Å²) < 4.78 is 17.6. The van der Waals surface area contributed by atoms with Gasteiger partial charge in [0.2, 0.25) is 5.88 Å². The number of nitrogens with zero attached hydrogens (tertiary/aromatic N) is 1. The molecule has 0 saturated heterocycles. The zero-order valence-corrected chi connectivity index (χ0v) is 21.4. The Morgan fingerprint density at radius 1 is 0.850 bits per heavy atom. The second kappa shape index (κ2) is 10.7. The smallest absolute Gasteiger partial charge is 0.344 e. The largest absolute Gasteiger partial charge is 0.489 e. The molecule has 0 fully saturated rings. The van der Waals surface area contributed by atoms with Crippen molar-refractivity contribution < 1.29 is 19.0 Å². The topological polar surface area (TPSA) is 94.6 Å². The molecule has 1 aliphatic heterocycles. The van der Waals surface area contributed by atoms with Crippen molar-refractivity contribution in [3.05, 3.63) is 149 Å². The molecule has 0 radical (unpaired) electrons. The molecule has 0 saturated carbocycles. The van der Waals surface area contributed by atoms with Crippen LogP contribution in [0.5, 0.6) is 17.2 Å². The van der Waals surface area contributed by atoms with E-state index in [9.17, 15) is 10.1 Å². The summed E-state index contributed by atoms with van der Waals surface area (Å²) >= 11 is 0. The molecule has 1 heterocycles. The normalized spacial score (nSPS) is 14.1. The van der Waals surface area contributed by atoms with E-state index in [1.807, 2.05) is 91.0 Å². The van der Waals surface area contributed by atoms with Crippen LogP contribution in [0.25, 0.3) is 10.8 Å². The Morgan fingerprint density at radius 3 is 2.48 bits per heavy atom. The van der Waals surface area contributed by atoms with Gasteiger partial charge < -0.3 is 19.9 Å². The fourth-order valence-electron chi connectivity index (χ4n) is 4.93. The molecule has 6 rings (SSSR count). The van der Waals surface area contributed by atoms with E-state index in [0.29, 0.717) is 35.0 Å². The number of benzene rings is 5. The lowest BCUT2D eigenvalue weighted by molar-refractivity contribution is 0.0736. The van der Waals surface area contributed by atoms with Gasteiger partial charge in [0.05, 0.1) is 11.5 Å². The summed E-state index contributed by atoms with van der Waals surface area (Å²) in [5, 5.41) is 11.7. The van der Waals surface area contributed by atoms with E-state index in [2.05, 4.69) is 6.07 Å². The third-order valence-corrected chi connectivity index (χ3v) is 6.85. The van der Waals surface area contributed by atoms with Gasteiger partial charge in [-0.05, 0) is 46.2 Å². The van der Waals surface area contributed by atoms with Gasteiger partial charge in [-0.1, -0.05) is 84.9 Å². The number of hydrogen-bond acceptors (Lipinski definition) is 6. The van der Waals surface area contributed by atoms with Gasteiger partial charge in [-0.2, -0.15) is 5.26 Å². The van der Waals surface area contributed by atoms with Crippen molar-refractivity contribution in [2.45, 2.75) is 12.5 Å². The molecule has 0 aromatic heterocycles. The van der Waals surface area contributed by atoms with Crippen LogP contribution in [-0.4, -0.2) is 5.97 Å². The summed E-state index contributed by atoms with van der Waals surface area (Å²) in [7, 11) is 0. The fourth-order valence-corrected chi connectivity index (χ4v) is 4.93. The van der Waals surface area contributed by atoms with Gasteiger partial charge in [-0.25, -0.2) is 4.79 Å². The van der Waals surface area contributed by atoms with Crippen molar-refractivity contribution in [3.8, 4) is 23.3 Å². The number of carbonyl (C=O) groups excluding carboxylic acids is 1. The lowest BCUT2D eigenvalue weighted by atomic mass is 9.83. The SMILES string of the molecule is N#CC1=C(N)Oc2cc(OC(=O)c3cccc4ccccc34)ccc2C1c1cccc(OCc2ccccc2)c1. The number of carbonyl (C=O) groups is 1. The molecule has 6 heteroatoms. The van der Waals surface area contributed by atoms with E-state index in [4.69, 9.17) is 19.9 Å². The molecule has 0 spiro atoms. The van der Waals surface area contributed by atoms with Crippen molar-refractivity contribution in [1.29, 1.82) is 5.26 Å². The van der Waals surface area contributed by atoms with Gasteiger partial charge in [0.15, 0.2) is 0 Å². The minimum absolute atomic E-state index is 0.00753. The predicted molar refractivity (Wildman–Crippen MR) is 152 cm³/mol. The van der Waals surface area contributed by atoms with Crippen LogP contribution in [0.15, 0.2) is 127 Å². The van der Waals surface area contributed by atoms with Crippen LogP contribution in [0.2, 0.25) is 0 Å². The highest BCUT2D eigenvalue weighted by molar-refractivity contribution is 6.05. The molecule has 0 bridgehead atoms. The Bertz CT molecular complexity index is 1800. The predicted octanol–water partition coefficient (Wildman–Crippen LogP) is 6.86. The van der Waals surface area contributed by atoms with Gasteiger partial charge in [-0.3, -0.25) is 0 Å². The molecule has 1 unspecified atom stereocenters.